The summed E-state index contributed by atoms with van der Waals surface area (Å²) in [6.07, 6.45) is 1.56. The zero-order chi connectivity index (χ0) is 19.4. The summed E-state index contributed by atoms with van der Waals surface area (Å²) in [5, 5.41) is 4.29. The Kier molecular flexibility index (Phi) is 6.53. The third-order valence-corrected chi connectivity index (χ3v) is 5.65. The van der Waals surface area contributed by atoms with E-state index >= 15 is 0 Å². The van der Waals surface area contributed by atoms with Gasteiger partial charge in [0.2, 0.25) is 5.91 Å². The Morgan fingerprint density at radius 1 is 1.07 bits per heavy atom. The molecule has 6 heteroatoms. The second-order valence-corrected chi connectivity index (χ2v) is 7.69. The number of nitrogens with one attached hydrogen (secondary N) is 1. The number of anilines is 1. The molecule has 1 heterocycles. The molecular formula is C21H22Cl2N2O2. The zero-order valence-electron chi connectivity index (χ0n) is 15.2. The van der Waals surface area contributed by atoms with Gasteiger partial charge in [-0.1, -0.05) is 41.4 Å². The molecule has 4 nitrogen and oxygen atoms in total. The van der Waals surface area contributed by atoms with Crippen LogP contribution in [0.1, 0.15) is 35.7 Å². The van der Waals surface area contributed by atoms with Gasteiger partial charge >= 0.3 is 0 Å². The highest BCUT2D eigenvalue weighted by molar-refractivity contribution is 6.35. The van der Waals surface area contributed by atoms with Crippen molar-refractivity contribution in [1.29, 1.82) is 0 Å². The molecule has 1 aliphatic heterocycles. The van der Waals surface area contributed by atoms with Crippen LogP contribution in [-0.2, 0) is 11.3 Å². The lowest BCUT2D eigenvalue weighted by atomic mass is 9.95. The highest BCUT2D eigenvalue weighted by atomic mass is 35.5. The average molecular weight is 405 g/mol. The number of ketones is 1. The Morgan fingerprint density at radius 2 is 1.70 bits per heavy atom. The minimum absolute atomic E-state index is 0.00567. The van der Waals surface area contributed by atoms with Gasteiger partial charge in [-0.3, -0.25) is 14.5 Å². The maximum absolute atomic E-state index is 12.6. The van der Waals surface area contributed by atoms with Crippen molar-refractivity contribution in [3.63, 3.8) is 0 Å². The molecule has 0 atom stereocenters. The molecule has 0 aliphatic carbocycles. The Bertz CT molecular complexity index is 826. The fourth-order valence-electron chi connectivity index (χ4n) is 3.32. The number of Topliss-reactive ketones (excluding diaryl/α,β-unsaturated/α-hetero) is 1. The third-order valence-electron chi connectivity index (χ3n) is 4.94. The Balaban J connectivity index is 1.55. The molecule has 1 aliphatic rings. The zero-order valence-corrected chi connectivity index (χ0v) is 16.7. The number of hydrogen-bond acceptors (Lipinski definition) is 3. The lowest BCUT2D eigenvalue weighted by molar-refractivity contribution is -0.121. The predicted molar refractivity (Wildman–Crippen MR) is 110 cm³/mol. The number of halogens is 2. The molecule has 1 saturated heterocycles. The van der Waals surface area contributed by atoms with E-state index in [0.29, 0.717) is 27.8 Å². The SMILES string of the molecule is CC(=O)c1cccc(NC(=O)C2CCN(Cc3c(Cl)cccc3Cl)CC2)c1. The van der Waals surface area contributed by atoms with E-state index in [-0.39, 0.29) is 17.6 Å². The van der Waals surface area contributed by atoms with E-state index in [2.05, 4.69) is 10.2 Å². The average Bonchev–Trinajstić information content (AvgIpc) is 2.65. The van der Waals surface area contributed by atoms with E-state index in [1.165, 1.54) is 6.92 Å². The lowest BCUT2D eigenvalue weighted by Gasteiger charge is -2.31. The Morgan fingerprint density at radius 3 is 2.33 bits per heavy atom. The summed E-state index contributed by atoms with van der Waals surface area (Å²) in [7, 11) is 0. The highest BCUT2D eigenvalue weighted by Gasteiger charge is 2.25. The van der Waals surface area contributed by atoms with E-state index in [0.717, 1.165) is 31.5 Å². The Hall–Kier alpha value is -1.88. The van der Waals surface area contributed by atoms with E-state index in [9.17, 15) is 9.59 Å². The summed E-state index contributed by atoms with van der Waals surface area (Å²) in [6.45, 7) is 3.83. The number of nitrogens with zero attached hydrogens (tertiary/aromatic N) is 1. The van der Waals surface area contributed by atoms with E-state index in [1.54, 1.807) is 24.3 Å². The first-order valence-electron chi connectivity index (χ1n) is 9.01. The molecule has 1 amide bonds. The number of benzene rings is 2. The predicted octanol–water partition coefficient (Wildman–Crippen LogP) is 5.05. The molecule has 1 fully saturated rings. The molecule has 1 N–H and O–H groups in total. The van der Waals surface area contributed by atoms with Gasteiger partial charge in [-0.15, -0.1) is 0 Å². The van der Waals surface area contributed by atoms with Crippen molar-refractivity contribution >= 4 is 40.6 Å². The van der Waals surface area contributed by atoms with Gasteiger partial charge in [0.25, 0.3) is 0 Å². The van der Waals surface area contributed by atoms with Crippen LogP contribution < -0.4 is 5.32 Å². The number of carbonyl (C=O) groups is 2. The van der Waals surface area contributed by atoms with Gasteiger partial charge in [-0.25, -0.2) is 0 Å². The molecular weight excluding hydrogens is 383 g/mol. The number of amides is 1. The summed E-state index contributed by atoms with van der Waals surface area (Å²) in [4.78, 5) is 26.3. The van der Waals surface area contributed by atoms with Crippen molar-refractivity contribution < 1.29 is 9.59 Å². The fourth-order valence-corrected chi connectivity index (χ4v) is 3.84. The number of piperidine rings is 1. The van der Waals surface area contributed by atoms with Crippen LogP contribution in [0.15, 0.2) is 42.5 Å². The van der Waals surface area contributed by atoms with E-state index < -0.39 is 0 Å². The van der Waals surface area contributed by atoms with Gasteiger partial charge in [0, 0.05) is 39.3 Å². The van der Waals surface area contributed by atoms with Crippen LogP contribution in [-0.4, -0.2) is 29.7 Å². The fraction of sp³-hybridized carbons (Fsp3) is 0.333. The molecule has 142 valence electrons. The van der Waals surface area contributed by atoms with Gasteiger partial charge in [0.15, 0.2) is 5.78 Å². The number of rotatable bonds is 5. The highest BCUT2D eigenvalue weighted by Crippen LogP contribution is 2.28. The van der Waals surface area contributed by atoms with Crippen molar-refractivity contribution in [2.24, 2.45) is 5.92 Å². The molecule has 0 radical (unpaired) electrons. The maximum atomic E-state index is 12.6. The molecule has 0 saturated carbocycles. The van der Waals surface area contributed by atoms with Crippen molar-refractivity contribution in [2.45, 2.75) is 26.3 Å². The van der Waals surface area contributed by atoms with Crippen molar-refractivity contribution in [3.8, 4) is 0 Å². The van der Waals surface area contributed by atoms with Crippen LogP contribution in [0.2, 0.25) is 10.0 Å². The Labute approximate surface area is 169 Å². The quantitative estimate of drug-likeness (QED) is 0.709. The summed E-state index contributed by atoms with van der Waals surface area (Å²) in [6, 6.07) is 12.6. The van der Waals surface area contributed by atoms with Crippen molar-refractivity contribution in [3.05, 3.63) is 63.6 Å². The summed E-state index contributed by atoms with van der Waals surface area (Å²) in [5.41, 5.74) is 2.20. The lowest BCUT2D eigenvalue weighted by Crippen LogP contribution is -2.37. The number of likely N-dealkylation sites (tertiary alicyclic amines) is 1. The van der Waals surface area contributed by atoms with Crippen LogP contribution in [0, 0.1) is 5.92 Å². The van der Waals surface area contributed by atoms with E-state index in [4.69, 9.17) is 23.2 Å². The molecule has 2 aromatic carbocycles. The second kappa shape index (κ2) is 8.87. The largest absolute Gasteiger partial charge is 0.326 e. The van der Waals surface area contributed by atoms with Gasteiger partial charge < -0.3 is 5.32 Å². The summed E-state index contributed by atoms with van der Waals surface area (Å²) in [5.74, 6) is -0.0484. The normalized spacial score (nSPS) is 15.5. The first-order valence-corrected chi connectivity index (χ1v) is 9.76. The molecule has 3 rings (SSSR count). The molecule has 27 heavy (non-hydrogen) atoms. The molecule has 2 aromatic rings. The monoisotopic (exact) mass is 404 g/mol. The minimum Gasteiger partial charge on any atom is -0.326 e. The maximum Gasteiger partial charge on any atom is 0.227 e. The summed E-state index contributed by atoms with van der Waals surface area (Å²) >= 11 is 12.5. The van der Waals surface area contributed by atoms with Crippen LogP contribution in [0.25, 0.3) is 0 Å². The van der Waals surface area contributed by atoms with E-state index in [1.807, 2.05) is 18.2 Å². The van der Waals surface area contributed by atoms with Crippen LogP contribution >= 0.6 is 23.2 Å². The summed E-state index contributed by atoms with van der Waals surface area (Å²) < 4.78 is 0. The van der Waals surface area contributed by atoms with Crippen LogP contribution in [0.5, 0.6) is 0 Å². The van der Waals surface area contributed by atoms with Gasteiger partial charge in [-0.05, 0) is 57.1 Å². The number of carbonyl (C=O) groups excluding carboxylic acids is 2. The van der Waals surface area contributed by atoms with Crippen molar-refractivity contribution in [2.75, 3.05) is 18.4 Å². The van der Waals surface area contributed by atoms with Gasteiger partial charge in [0.1, 0.15) is 0 Å². The molecule has 0 aromatic heterocycles. The van der Waals surface area contributed by atoms with Gasteiger partial charge in [-0.2, -0.15) is 0 Å². The second-order valence-electron chi connectivity index (χ2n) is 6.88. The van der Waals surface area contributed by atoms with Crippen LogP contribution in [0.3, 0.4) is 0 Å². The smallest absolute Gasteiger partial charge is 0.227 e. The first-order chi connectivity index (χ1) is 12.9. The standard InChI is InChI=1S/C21H22Cl2N2O2/c1-14(26)16-4-2-5-17(12-16)24-21(27)15-8-10-25(11-9-15)13-18-19(22)6-3-7-20(18)23/h2-7,12,15H,8-11,13H2,1H3,(H,24,27). The minimum atomic E-state index is -0.0380. The van der Waals surface area contributed by atoms with Crippen LogP contribution in [0.4, 0.5) is 5.69 Å². The first kappa shape index (κ1) is 19.9. The number of hydrogen-bond donors (Lipinski definition) is 1. The molecule has 0 spiro atoms. The molecule has 0 bridgehead atoms. The van der Waals surface area contributed by atoms with Crippen molar-refractivity contribution in [1.82, 2.24) is 4.90 Å². The van der Waals surface area contributed by atoms with Gasteiger partial charge in [0.05, 0.1) is 0 Å². The topological polar surface area (TPSA) is 49.4 Å². The third kappa shape index (κ3) is 5.10. The molecule has 0 unspecified atom stereocenters.